The van der Waals surface area contributed by atoms with E-state index in [1.165, 1.54) is 11.3 Å². The third kappa shape index (κ3) is 3.54. The Morgan fingerprint density at radius 1 is 1.00 bits per heavy atom. The third-order valence-corrected chi connectivity index (χ3v) is 5.25. The quantitative estimate of drug-likeness (QED) is 0.507. The molecule has 4 rings (SSSR count). The highest BCUT2D eigenvalue weighted by Crippen LogP contribution is 2.32. The Hall–Kier alpha value is -3.38. The molecule has 5 nitrogen and oxygen atoms in total. The number of rotatable bonds is 5. The molecule has 0 atom stereocenters. The minimum atomic E-state index is -0.129. The summed E-state index contributed by atoms with van der Waals surface area (Å²) in [5.41, 5.74) is 3.26. The molecule has 1 N–H and O–H groups in total. The fraction of sp³-hybridized carbons (Fsp3) is 0.0909. The molecule has 0 aliphatic carbocycles. The molecule has 0 fully saturated rings. The van der Waals surface area contributed by atoms with E-state index in [1.807, 2.05) is 60.0 Å². The molecule has 28 heavy (non-hydrogen) atoms. The molecule has 0 aliphatic heterocycles. The van der Waals surface area contributed by atoms with Gasteiger partial charge in [0.2, 0.25) is 0 Å². The van der Waals surface area contributed by atoms with Crippen molar-refractivity contribution in [3.05, 3.63) is 70.9 Å². The van der Waals surface area contributed by atoms with Gasteiger partial charge in [-0.3, -0.25) is 4.79 Å². The first-order valence-electron chi connectivity index (χ1n) is 8.66. The van der Waals surface area contributed by atoms with Gasteiger partial charge in [-0.15, -0.1) is 11.3 Å². The number of benzene rings is 2. The molecular formula is C22H18N2O3S. The monoisotopic (exact) mass is 390 g/mol. The summed E-state index contributed by atoms with van der Waals surface area (Å²) >= 11 is 1.41. The Bertz CT molecular complexity index is 1120. The van der Waals surface area contributed by atoms with Crippen molar-refractivity contribution < 1.29 is 14.3 Å². The number of thiophene rings is 1. The maximum absolute atomic E-state index is 12.3. The molecule has 0 spiro atoms. The fourth-order valence-electron chi connectivity index (χ4n) is 2.95. The minimum Gasteiger partial charge on any atom is -0.497 e. The number of methoxy groups -OCH3 is 2. The van der Waals surface area contributed by atoms with Gasteiger partial charge in [-0.25, -0.2) is 4.98 Å². The van der Waals surface area contributed by atoms with Gasteiger partial charge in [0.05, 0.1) is 30.3 Å². The van der Waals surface area contributed by atoms with Crippen molar-refractivity contribution in [2.45, 2.75) is 0 Å². The van der Waals surface area contributed by atoms with Crippen LogP contribution in [0.5, 0.6) is 11.5 Å². The van der Waals surface area contributed by atoms with Crippen LogP contribution in [0.1, 0.15) is 9.67 Å². The first-order chi connectivity index (χ1) is 13.7. The van der Waals surface area contributed by atoms with Gasteiger partial charge < -0.3 is 14.8 Å². The summed E-state index contributed by atoms with van der Waals surface area (Å²) < 4.78 is 10.8. The smallest absolute Gasteiger partial charge is 0.265 e. The van der Waals surface area contributed by atoms with Crippen molar-refractivity contribution in [3.8, 4) is 22.8 Å². The number of fused-ring (bicyclic) bond motifs is 1. The summed E-state index contributed by atoms with van der Waals surface area (Å²) in [6.07, 6.45) is 0. The number of anilines is 1. The predicted molar refractivity (Wildman–Crippen MR) is 113 cm³/mol. The summed E-state index contributed by atoms with van der Waals surface area (Å²) in [6.45, 7) is 0. The Labute approximate surface area is 166 Å². The van der Waals surface area contributed by atoms with Gasteiger partial charge in [0.1, 0.15) is 11.5 Å². The van der Waals surface area contributed by atoms with Gasteiger partial charge in [-0.05, 0) is 53.9 Å². The van der Waals surface area contributed by atoms with Crippen LogP contribution in [0.15, 0.2) is 66.0 Å². The molecule has 2 aromatic carbocycles. The lowest BCUT2D eigenvalue weighted by molar-refractivity contribution is 0.103. The van der Waals surface area contributed by atoms with E-state index in [4.69, 9.17) is 14.5 Å². The number of amides is 1. The molecule has 0 saturated carbocycles. The van der Waals surface area contributed by atoms with Gasteiger partial charge in [0.15, 0.2) is 0 Å². The first kappa shape index (κ1) is 18.0. The predicted octanol–water partition coefficient (Wildman–Crippen LogP) is 5.23. The topological polar surface area (TPSA) is 60.5 Å². The number of ether oxygens (including phenoxy) is 2. The van der Waals surface area contributed by atoms with E-state index in [0.29, 0.717) is 16.3 Å². The highest BCUT2D eigenvalue weighted by molar-refractivity contribution is 7.12. The lowest BCUT2D eigenvalue weighted by Crippen LogP contribution is -2.10. The van der Waals surface area contributed by atoms with Crippen LogP contribution in [0.2, 0.25) is 0 Å². The lowest BCUT2D eigenvalue weighted by Gasteiger charge is -2.11. The van der Waals surface area contributed by atoms with Crippen molar-refractivity contribution in [2.24, 2.45) is 0 Å². The van der Waals surface area contributed by atoms with Crippen LogP contribution in [0.3, 0.4) is 0 Å². The van der Waals surface area contributed by atoms with Crippen molar-refractivity contribution in [1.82, 2.24) is 4.98 Å². The Balaban J connectivity index is 1.70. The Morgan fingerprint density at radius 2 is 1.82 bits per heavy atom. The van der Waals surface area contributed by atoms with E-state index < -0.39 is 0 Å². The van der Waals surface area contributed by atoms with Crippen LogP contribution >= 0.6 is 11.3 Å². The van der Waals surface area contributed by atoms with E-state index in [1.54, 1.807) is 20.3 Å². The average molecular weight is 390 g/mol. The zero-order valence-corrected chi connectivity index (χ0v) is 16.2. The number of hydrogen-bond donors (Lipinski definition) is 1. The van der Waals surface area contributed by atoms with Crippen molar-refractivity contribution in [2.75, 3.05) is 19.5 Å². The van der Waals surface area contributed by atoms with E-state index in [-0.39, 0.29) is 5.91 Å². The maximum atomic E-state index is 12.3. The number of pyridine rings is 1. The molecule has 2 aromatic heterocycles. The number of carbonyl (C=O) groups excluding carboxylic acids is 1. The van der Waals surface area contributed by atoms with Crippen LogP contribution < -0.4 is 14.8 Å². The van der Waals surface area contributed by atoms with Crippen molar-refractivity contribution in [1.29, 1.82) is 0 Å². The largest absolute Gasteiger partial charge is 0.497 e. The lowest BCUT2D eigenvalue weighted by atomic mass is 10.1. The first-order valence-corrected chi connectivity index (χ1v) is 9.54. The summed E-state index contributed by atoms with van der Waals surface area (Å²) in [7, 11) is 3.27. The van der Waals surface area contributed by atoms with Crippen LogP contribution in [0, 0.1) is 0 Å². The summed E-state index contributed by atoms with van der Waals surface area (Å²) in [5, 5.41) is 5.64. The standard InChI is InChI=1S/C22H18N2O3S/c1-26-16-8-5-14(6-9-16)19-13-20(27-2)17-12-15(7-10-18(17)24-19)23-22(25)21-4-3-11-28-21/h3-13H,1-2H3,(H,23,25). The summed E-state index contributed by atoms with van der Waals surface area (Å²) in [6, 6.07) is 18.9. The molecule has 1 amide bonds. The molecule has 6 heteroatoms. The number of hydrogen-bond acceptors (Lipinski definition) is 5. The normalized spacial score (nSPS) is 10.6. The SMILES string of the molecule is COc1ccc(-c2cc(OC)c3cc(NC(=O)c4cccs4)ccc3n2)cc1. The van der Waals surface area contributed by atoms with Crippen LogP contribution in [-0.2, 0) is 0 Å². The maximum Gasteiger partial charge on any atom is 0.265 e. The van der Waals surface area contributed by atoms with Crippen LogP contribution in [0.25, 0.3) is 22.2 Å². The number of nitrogens with one attached hydrogen (secondary N) is 1. The van der Waals surface area contributed by atoms with Gasteiger partial charge in [0, 0.05) is 22.7 Å². The van der Waals surface area contributed by atoms with Crippen molar-refractivity contribution >= 4 is 33.8 Å². The number of nitrogens with zero attached hydrogens (tertiary/aromatic N) is 1. The minimum absolute atomic E-state index is 0.129. The third-order valence-electron chi connectivity index (χ3n) is 4.38. The highest BCUT2D eigenvalue weighted by atomic mass is 32.1. The molecule has 0 unspecified atom stereocenters. The second-order valence-corrected chi connectivity index (χ2v) is 7.05. The van der Waals surface area contributed by atoms with E-state index >= 15 is 0 Å². The van der Waals surface area contributed by atoms with Gasteiger partial charge in [0.25, 0.3) is 5.91 Å². The Kier molecular flexibility index (Phi) is 4.95. The van der Waals surface area contributed by atoms with Crippen molar-refractivity contribution in [3.63, 3.8) is 0 Å². The van der Waals surface area contributed by atoms with E-state index in [9.17, 15) is 4.79 Å². The molecule has 0 aliphatic rings. The fourth-order valence-corrected chi connectivity index (χ4v) is 3.57. The summed E-state index contributed by atoms with van der Waals surface area (Å²) in [4.78, 5) is 17.7. The second kappa shape index (κ2) is 7.70. The molecule has 0 radical (unpaired) electrons. The molecule has 0 saturated heterocycles. The Morgan fingerprint density at radius 3 is 2.50 bits per heavy atom. The zero-order valence-electron chi connectivity index (χ0n) is 15.4. The second-order valence-electron chi connectivity index (χ2n) is 6.10. The van der Waals surface area contributed by atoms with Crippen LogP contribution in [0.4, 0.5) is 5.69 Å². The van der Waals surface area contributed by atoms with Gasteiger partial charge in [-0.1, -0.05) is 6.07 Å². The number of carbonyl (C=O) groups is 1. The molecule has 140 valence electrons. The van der Waals surface area contributed by atoms with E-state index in [2.05, 4.69) is 5.32 Å². The molecular weight excluding hydrogens is 372 g/mol. The molecule has 4 aromatic rings. The van der Waals surface area contributed by atoms with Crippen LogP contribution in [-0.4, -0.2) is 25.1 Å². The zero-order chi connectivity index (χ0) is 19.5. The molecule has 0 bridgehead atoms. The average Bonchev–Trinajstić information content (AvgIpc) is 3.28. The number of aromatic nitrogens is 1. The molecule has 2 heterocycles. The van der Waals surface area contributed by atoms with E-state index in [0.717, 1.165) is 27.9 Å². The van der Waals surface area contributed by atoms with Gasteiger partial charge >= 0.3 is 0 Å². The highest BCUT2D eigenvalue weighted by Gasteiger charge is 2.11. The summed E-state index contributed by atoms with van der Waals surface area (Å²) in [5.74, 6) is 1.36. The van der Waals surface area contributed by atoms with Gasteiger partial charge in [-0.2, -0.15) is 0 Å².